The first kappa shape index (κ1) is 10.7. The van der Waals surface area contributed by atoms with Crippen LogP contribution in [0.15, 0.2) is 0 Å². The summed E-state index contributed by atoms with van der Waals surface area (Å²) in [6.07, 6.45) is 1.22. The molecule has 15 heavy (non-hydrogen) atoms. The number of nitrogen functional groups attached to an aromatic ring is 1. The number of nitrogens with two attached hydrogens (primary N) is 1. The molecule has 0 radical (unpaired) electrons. The van der Waals surface area contributed by atoms with Gasteiger partial charge in [0, 0.05) is 25.2 Å². The van der Waals surface area contributed by atoms with E-state index in [9.17, 15) is 0 Å². The van der Waals surface area contributed by atoms with Gasteiger partial charge in [-0.1, -0.05) is 0 Å². The average Bonchev–Trinajstić information content (AvgIpc) is 2.43. The number of hydrogen-bond donors (Lipinski definition) is 1. The molecule has 1 aliphatic heterocycles. The van der Waals surface area contributed by atoms with E-state index in [-0.39, 0.29) is 0 Å². The maximum atomic E-state index is 5.78. The van der Waals surface area contributed by atoms with Crippen LogP contribution < -0.4 is 10.6 Å². The van der Waals surface area contributed by atoms with Crippen molar-refractivity contribution in [3.8, 4) is 0 Å². The van der Waals surface area contributed by atoms with Gasteiger partial charge in [-0.25, -0.2) is 0 Å². The molecule has 1 fully saturated rings. The number of anilines is 2. The minimum atomic E-state index is 0.688. The van der Waals surface area contributed by atoms with E-state index in [4.69, 9.17) is 5.73 Å². The summed E-state index contributed by atoms with van der Waals surface area (Å²) in [6.45, 7) is 6.57. The van der Waals surface area contributed by atoms with E-state index < -0.39 is 0 Å². The molecule has 0 amide bonds. The van der Waals surface area contributed by atoms with Crippen LogP contribution in [-0.2, 0) is 0 Å². The first-order valence-electron chi connectivity index (χ1n) is 5.33. The van der Waals surface area contributed by atoms with Crippen molar-refractivity contribution in [2.75, 3.05) is 43.9 Å². The summed E-state index contributed by atoms with van der Waals surface area (Å²) >= 11 is 1.53. The maximum Gasteiger partial charge on any atom is 0.142 e. The van der Waals surface area contributed by atoms with Crippen molar-refractivity contribution in [2.24, 2.45) is 0 Å². The molecule has 0 aromatic carbocycles. The summed E-state index contributed by atoms with van der Waals surface area (Å²) in [7, 11) is 2.18. The van der Waals surface area contributed by atoms with E-state index in [0.29, 0.717) is 5.82 Å². The van der Waals surface area contributed by atoms with Gasteiger partial charge in [0.2, 0.25) is 0 Å². The summed E-state index contributed by atoms with van der Waals surface area (Å²) in [5, 5.41) is 1.25. The van der Waals surface area contributed by atoms with E-state index in [1.54, 1.807) is 0 Å². The number of aromatic nitrogens is 1. The molecule has 1 aliphatic rings. The molecule has 2 N–H and O–H groups in total. The Labute approximate surface area is 94.8 Å². The molecule has 0 saturated carbocycles. The fourth-order valence-electron chi connectivity index (χ4n) is 1.88. The predicted molar refractivity (Wildman–Crippen MR) is 65.6 cm³/mol. The molecule has 0 aliphatic carbocycles. The van der Waals surface area contributed by atoms with Crippen molar-refractivity contribution in [2.45, 2.75) is 13.3 Å². The quantitative estimate of drug-likeness (QED) is 0.781. The van der Waals surface area contributed by atoms with Crippen LogP contribution in [0.25, 0.3) is 0 Å². The molecular formula is C10H18N4S. The number of rotatable bonds is 1. The molecule has 5 heteroatoms. The third-order valence-electron chi connectivity index (χ3n) is 2.94. The van der Waals surface area contributed by atoms with Gasteiger partial charge in [0.1, 0.15) is 10.8 Å². The molecule has 2 heterocycles. The highest BCUT2D eigenvalue weighted by Gasteiger charge is 2.17. The monoisotopic (exact) mass is 226 g/mol. The van der Waals surface area contributed by atoms with Gasteiger partial charge >= 0.3 is 0 Å². The Kier molecular flexibility index (Phi) is 3.11. The van der Waals surface area contributed by atoms with Crippen LogP contribution in [0.2, 0.25) is 0 Å². The standard InChI is InChI=1S/C10H18N4S/c1-8-9(11)12-15-10(8)14-5-3-4-13(2)6-7-14/h3-7H2,1-2H3,(H2,11,12). The second-order valence-corrected chi connectivity index (χ2v) is 4.89. The number of likely N-dealkylation sites (N-methyl/N-ethyl adjacent to an activating group) is 1. The number of nitrogens with zero attached hydrogens (tertiary/aromatic N) is 3. The first-order chi connectivity index (χ1) is 7.18. The third-order valence-corrected chi connectivity index (χ3v) is 3.97. The number of hydrogen-bond acceptors (Lipinski definition) is 5. The van der Waals surface area contributed by atoms with Crippen LogP contribution in [0.1, 0.15) is 12.0 Å². The van der Waals surface area contributed by atoms with Gasteiger partial charge < -0.3 is 15.5 Å². The SMILES string of the molecule is Cc1c(N)nsc1N1CCCN(C)CC1. The van der Waals surface area contributed by atoms with E-state index >= 15 is 0 Å². The lowest BCUT2D eigenvalue weighted by atomic mass is 10.3. The lowest BCUT2D eigenvalue weighted by Crippen LogP contribution is -2.28. The molecule has 2 rings (SSSR count). The summed E-state index contributed by atoms with van der Waals surface area (Å²) in [5.41, 5.74) is 6.92. The molecule has 0 bridgehead atoms. The molecule has 0 unspecified atom stereocenters. The van der Waals surface area contributed by atoms with Crippen molar-refractivity contribution in [1.82, 2.24) is 9.27 Å². The van der Waals surface area contributed by atoms with Crippen molar-refractivity contribution in [3.63, 3.8) is 0 Å². The van der Waals surface area contributed by atoms with Gasteiger partial charge in [0.15, 0.2) is 0 Å². The van der Waals surface area contributed by atoms with E-state index in [1.165, 1.54) is 29.5 Å². The fraction of sp³-hybridized carbons (Fsp3) is 0.700. The average molecular weight is 226 g/mol. The smallest absolute Gasteiger partial charge is 0.142 e. The van der Waals surface area contributed by atoms with Crippen LogP contribution in [0.5, 0.6) is 0 Å². The van der Waals surface area contributed by atoms with Gasteiger partial charge in [-0.2, -0.15) is 4.37 Å². The summed E-state index contributed by atoms with van der Waals surface area (Å²) in [5.74, 6) is 0.688. The van der Waals surface area contributed by atoms with Crippen LogP contribution in [0.3, 0.4) is 0 Å². The Morgan fingerprint density at radius 1 is 1.27 bits per heavy atom. The molecule has 1 aromatic rings. The Morgan fingerprint density at radius 2 is 2.07 bits per heavy atom. The fourth-order valence-corrected chi connectivity index (χ4v) is 2.74. The first-order valence-corrected chi connectivity index (χ1v) is 6.11. The predicted octanol–water partition coefficient (Wildman–Crippen LogP) is 1.18. The zero-order chi connectivity index (χ0) is 10.8. The Morgan fingerprint density at radius 3 is 2.73 bits per heavy atom. The van der Waals surface area contributed by atoms with Gasteiger partial charge in [0.25, 0.3) is 0 Å². The lowest BCUT2D eigenvalue weighted by Gasteiger charge is -2.21. The van der Waals surface area contributed by atoms with E-state index in [2.05, 4.69) is 28.1 Å². The van der Waals surface area contributed by atoms with Gasteiger partial charge in [-0.15, -0.1) is 0 Å². The molecule has 4 nitrogen and oxygen atoms in total. The lowest BCUT2D eigenvalue weighted by molar-refractivity contribution is 0.360. The topological polar surface area (TPSA) is 45.4 Å². The Balaban J connectivity index is 2.13. The van der Waals surface area contributed by atoms with Crippen LogP contribution in [-0.4, -0.2) is 42.5 Å². The second-order valence-electron chi connectivity index (χ2n) is 4.14. The summed E-state index contributed by atoms with van der Waals surface area (Å²) < 4.78 is 4.21. The van der Waals surface area contributed by atoms with Crippen LogP contribution >= 0.6 is 11.5 Å². The normalized spacial score (nSPS) is 19.2. The maximum absolute atomic E-state index is 5.78. The summed E-state index contributed by atoms with van der Waals surface area (Å²) in [6, 6.07) is 0. The van der Waals surface area contributed by atoms with Crippen molar-refractivity contribution >= 4 is 22.4 Å². The highest BCUT2D eigenvalue weighted by atomic mass is 32.1. The second kappa shape index (κ2) is 4.37. The Hall–Kier alpha value is -0.810. The molecule has 1 aromatic heterocycles. The van der Waals surface area contributed by atoms with Crippen molar-refractivity contribution in [3.05, 3.63) is 5.56 Å². The zero-order valence-corrected chi connectivity index (χ0v) is 10.2. The molecule has 0 atom stereocenters. The van der Waals surface area contributed by atoms with Crippen LogP contribution in [0, 0.1) is 6.92 Å². The van der Waals surface area contributed by atoms with E-state index in [1.807, 2.05) is 0 Å². The van der Waals surface area contributed by atoms with Crippen molar-refractivity contribution < 1.29 is 0 Å². The molecule has 84 valence electrons. The van der Waals surface area contributed by atoms with E-state index in [0.717, 1.165) is 25.2 Å². The summed E-state index contributed by atoms with van der Waals surface area (Å²) in [4.78, 5) is 4.78. The minimum Gasteiger partial charge on any atom is -0.383 e. The minimum absolute atomic E-state index is 0.688. The molecular weight excluding hydrogens is 208 g/mol. The highest BCUT2D eigenvalue weighted by molar-refractivity contribution is 7.10. The molecule has 0 spiro atoms. The van der Waals surface area contributed by atoms with Gasteiger partial charge in [-0.3, -0.25) is 0 Å². The third kappa shape index (κ3) is 2.23. The molecule has 1 saturated heterocycles. The Bertz CT molecular complexity index is 336. The van der Waals surface area contributed by atoms with Gasteiger partial charge in [0.05, 0.1) is 0 Å². The zero-order valence-electron chi connectivity index (χ0n) is 9.36. The van der Waals surface area contributed by atoms with Gasteiger partial charge in [-0.05, 0) is 38.5 Å². The van der Waals surface area contributed by atoms with Crippen LogP contribution in [0.4, 0.5) is 10.8 Å². The highest BCUT2D eigenvalue weighted by Crippen LogP contribution is 2.29. The largest absolute Gasteiger partial charge is 0.383 e. The van der Waals surface area contributed by atoms with Crippen molar-refractivity contribution in [1.29, 1.82) is 0 Å².